The molecule has 0 radical (unpaired) electrons. The van der Waals surface area contributed by atoms with E-state index in [1.807, 2.05) is 60.7 Å². The molecule has 0 aliphatic heterocycles. The first kappa shape index (κ1) is 13.6. The van der Waals surface area contributed by atoms with Crippen LogP contribution in [0.5, 0.6) is 0 Å². The number of ketones is 1. The zero-order valence-electron chi connectivity index (χ0n) is 11.3. The van der Waals surface area contributed by atoms with Crippen molar-refractivity contribution in [2.24, 2.45) is 0 Å². The molecule has 0 aromatic heterocycles. The minimum absolute atomic E-state index is 0.183. The second kappa shape index (κ2) is 6.96. The van der Waals surface area contributed by atoms with E-state index in [1.54, 1.807) is 13.1 Å². The van der Waals surface area contributed by atoms with Crippen LogP contribution in [0.3, 0.4) is 0 Å². The van der Waals surface area contributed by atoms with E-state index in [-0.39, 0.29) is 5.78 Å². The minimum atomic E-state index is -0.183. The highest BCUT2D eigenvalue weighted by Crippen LogP contribution is 2.06. The monoisotopic (exact) mass is 261 g/mol. The summed E-state index contributed by atoms with van der Waals surface area (Å²) in [5.41, 5.74) is 2.36. The Morgan fingerprint density at radius 3 is 2.25 bits per heavy atom. The zero-order chi connectivity index (χ0) is 14.2. The van der Waals surface area contributed by atoms with Crippen LogP contribution in [-0.4, -0.2) is 5.78 Å². The van der Waals surface area contributed by atoms with Gasteiger partial charge < -0.3 is 5.32 Å². The molecule has 20 heavy (non-hydrogen) atoms. The molecule has 0 aliphatic carbocycles. The van der Waals surface area contributed by atoms with E-state index in [1.165, 1.54) is 0 Å². The van der Waals surface area contributed by atoms with Crippen molar-refractivity contribution in [3.05, 3.63) is 78.0 Å². The molecule has 2 rings (SSSR count). The number of carbonyl (C=O) groups is 1. The van der Waals surface area contributed by atoms with Gasteiger partial charge in [0.1, 0.15) is 0 Å². The number of carbonyl (C=O) groups excluding carboxylic acids is 1. The molecule has 0 saturated heterocycles. The van der Waals surface area contributed by atoms with Gasteiger partial charge in [-0.3, -0.25) is 4.79 Å². The highest BCUT2D eigenvalue weighted by Gasteiger charge is 1.99. The van der Waals surface area contributed by atoms with Crippen molar-refractivity contribution in [2.75, 3.05) is 5.32 Å². The van der Waals surface area contributed by atoms with Crippen molar-refractivity contribution in [3.8, 4) is 11.8 Å². The Morgan fingerprint density at radius 2 is 1.60 bits per heavy atom. The lowest BCUT2D eigenvalue weighted by Gasteiger charge is -2.00. The predicted molar refractivity (Wildman–Crippen MR) is 82.1 cm³/mol. The molecule has 2 aromatic rings. The Hall–Kier alpha value is -2.79. The first-order valence-electron chi connectivity index (χ1n) is 6.35. The van der Waals surface area contributed by atoms with Gasteiger partial charge in [0.05, 0.1) is 0 Å². The first-order chi connectivity index (χ1) is 9.75. The van der Waals surface area contributed by atoms with Gasteiger partial charge in [-0.15, -0.1) is 0 Å². The van der Waals surface area contributed by atoms with E-state index < -0.39 is 0 Å². The molecule has 0 heterocycles. The van der Waals surface area contributed by atoms with Gasteiger partial charge in [-0.2, -0.15) is 0 Å². The molecular weight excluding hydrogens is 246 g/mol. The summed E-state index contributed by atoms with van der Waals surface area (Å²) in [4.78, 5) is 11.9. The molecule has 0 bridgehead atoms. The summed E-state index contributed by atoms with van der Waals surface area (Å²) in [6.45, 7) is 1.75. The van der Waals surface area contributed by atoms with E-state index in [2.05, 4.69) is 17.2 Å². The highest BCUT2D eigenvalue weighted by molar-refractivity contribution is 6.08. The Kier molecular flexibility index (Phi) is 4.75. The van der Waals surface area contributed by atoms with Crippen LogP contribution in [0.4, 0.5) is 5.69 Å². The van der Waals surface area contributed by atoms with Gasteiger partial charge in [-0.1, -0.05) is 42.3 Å². The molecule has 0 aliphatic rings. The van der Waals surface area contributed by atoms with Crippen molar-refractivity contribution < 1.29 is 4.79 Å². The molecule has 0 saturated carbocycles. The molecule has 0 unspecified atom stereocenters. The van der Waals surface area contributed by atoms with Crippen molar-refractivity contribution in [1.29, 1.82) is 0 Å². The maximum Gasteiger partial charge on any atom is 0.233 e. The highest BCUT2D eigenvalue weighted by atomic mass is 16.1. The third-order valence-electron chi connectivity index (χ3n) is 2.68. The number of anilines is 1. The van der Waals surface area contributed by atoms with E-state index in [0.717, 1.165) is 11.3 Å². The van der Waals surface area contributed by atoms with Gasteiger partial charge in [0.25, 0.3) is 0 Å². The van der Waals surface area contributed by atoms with Crippen molar-refractivity contribution in [3.63, 3.8) is 0 Å². The second-order valence-electron chi connectivity index (χ2n) is 4.28. The van der Waals surface area contributed by atoms with Crippen LogP contribution >= 0.6 is 0 Å². The van der Waals surface area contributed by atoms with Gasteiger partial charge in [-0.25, -0.2) is 0 Å². The third-order valence-corrected chi connectivity index (χ3v) is 2.68. The summed E-state index contributed by atoms with van der Waals surface area (Å²) >= 11 is 0. The van der Waals surface area contributed by atoms with Gasteiger partial charge in [0, 0.05) is 23.0 Å². The molecule has 2 aromatic carbocycles. The second-order valence-corrected chi connectivity index (χ2v) is 4.28. The van der Waals surface area contributed by atoms with E-state index in [4.69, 9.17) is 0 Å². The number of para-hydroxylation sites is 1. The topological polar surface area (TPSA) is 29.1 Å². The average Bonchev–Trinajstić information content (AvgIpc) is 2.52. The van der Waals surface area contributed by atoms with Crippen molar-refractivity contribution in [1.82, 2.24) is 0 Å². The summed E-state index contributed by atoms with van der Waals surface area (Å²) in [6.07, 6.45) is 1.68. The fourth-order valence-electron chi connectivity index (χ4n) is 1.54. The summed E-state index contributed by atoms with van der Waals surface area (Å²) in [6, 6.07) is 19.1. The Labute approximate surface area is 119 Å². The van der Waals surface area contributed by atoms with Crippen LogP contribution in [0.1, 0.15) is 12.5 Å². The molecule has 2 heteroatoms. The molecular formula is C18H15NO. The Morgan fingerprint density at radius 1 is 1.00 bits per heavy atom. The fraction of sp³-hybridized carbons (Fsp3) is 0.0556. The van der Waals surface area contributed by atoms with Crippen LogP contribution in [0.2, 0.25) is 0 Å². The maximum atomic E-state index is 11.9. The Balaban J connectivity index is 2.01. The van der Waals surface area contributed by atoms with Crippen LogP contribution in [0, 0.1) is 11.8 Å². The van der Waals surface area contributed by atoms with Gasteiger partial charge in [-0.05, 0) is 37.1 Å². The molecule has 0 amide bonds. The number of rotatable bonds is 3. The SMILES string of the molecule is CC(=CNc1ccccc1)C(=O)C#Cc1ccccc1. The lowest BCUT2D eigenvalue weighted by atomic mass is 10.2. The first-order valence-corrected chi connectivity index (χ1v) is 6.35. The number of allylic oxidation sites excluding steroid dienone is 1. The maximum absolute atomic E-state index is 11.9. The summed E-state index contributed by atoms with van der Waals surface area (Å²) in [5.74, 6) is 5.31. The van der Waals surface area contributed by atoms with E-state index in [9.17, 15) is 4.79 Å². The lowest BCUT2D eigenvalue weighted by Crippen LogP contribution is -1.99. The number of benzene rings is 2. The van der Waals surface area contributed by atoms with Crippen LogP contribution in [0.25, 0.3) is 0 Å². The Bertz CT molecular complexity index is 661. The van der Waals surface area contributed by atoms with Gasteiger partial charge in [0.2, 0.25) is 5.78 Å². The zero-order valence-corrected chi connectivity index (χ0v) is 11.3. The molecule has 2 nitrogen and oxygen atoms in total. The molecule has 98 valence electrons. The van der Waals surface area contributed by atoms with Gasteiger partial charge >= 0.3 is 0 Å². The predicted octanol–water partition coefficient (Wildman–Crippen LogP) is 3.62. The third kappa shape index (κ3) is 4.15. The van der Waals surface area contributed by atoms with Gasteiger partial charge in [0.15, 0.2) is 0 Å². The van der Waals surface area contributed by atoms with Crippen LogP contribution in [0.15, 0.2) is 72.4 Å². The number of nitrogens with one attached hydrogen (secondary N) is 1. The smallest absolute Gasteiger partial charge is 0.233 e. The van der Waals surface area contributed by atoms with E-state index in [0.29, 0.717) is 5.57 Å². The standard InChI is InChI=1S/C18H15NO/c1-15(14-19-17-10-6-3-7-11-17)18(20)13-12-16-8-4-2-5-9-16/h2-11,14,19H,1H3. The average molecular weight is 261 g/mol. The summed E-state index contributed by atoms with van der Waals surface area (Å²) < 4.78 is 0. The van der Waals surface area contributed by atoms with Crippen molar-refractivity contribution in [2.45, 2.75) is 6.92 Å². The molecule has 0 spiro atoms. The largest absolute Gasteiger partial charge is 0.361 e. The number of hydrogen-bond acceptors (Lipinski definition) is 2. The normalized spacial score (nSPS) is 10.3. The molecule has 0 fully saturated rings. The minimum Gasteiger partial charge on any atom is -0.361 e. The fourth-order valence-corrected chi connectivity index (χ4v) is 1.54. The number of hydrogen-bond donors (Lipinski definition) is 1. The quantitative estimate of drug-likeness (QED) is 0.675. The molecule has 1 N–H and O–H groups in total. The van der Waals surface area contributed by atoms with Crippen molar-refractivity contribution >= 4 is 11.5 Å². The molecule has 0 atom stereocenters. The summed E-state index contributed by atoms with van der Waals surface area (Å²) in [7, 11) is 0. The van der Waals surface area contributed by atoms with Crippen LogP contribution < -0.4 is 5.32 Å². The van der Waals surface area contributed by atoms with E-state index >= 15 is 0 Å². The lowest BCUT2D eigenvalue weighted by molar-refractivity contribution is -0.110. The van der Waals surface area contributed by atoms with Crippen LogP contribution in [-0.2, 0) is 4.79 Å². The number of Topliss-reactive ketones (excluding diaryl/α,β-unsaturated/α-hetero) is 1. The summed E-state index contributed by atoms with van der Waals surface area (Å²) in [5, 5.41) is 3.07.